The van der Waals surface area contributed by atoms with E-state index >= 15 is 0 Å². The lowest BCUT2D eigenvalue weighted by molar-refractivity contribution is -0.384. The molecule has 2 aromatic rings. The Labute approximate surface area is 164 Å². The fourth-order valence-corrected chi connectivity index (χ4v) is 2.56. The number of carbonyl (C=O) groups excluding carboxylic acids is 1. The quantitative estimate of drug-likeness (QED) is 0.357. The maximum Gasteiger partial charge on any atom is 0.319 e. The summed E-state index contributed by atoms with van der Waals surface area (Å²) in [6, 6.07) is 9.12. The van der Waals surface area contributed by atoms with Crippen molar-refractivity contribution in [3.63, 3.8) is 0 Å². The number of benzene rings is 2. The molecule has 0 aliphatic heterocycles. The summed E-state index contributed by atoms with van der Waals surface area (Å²) in [5.41, 5.74) is 1.20. The monoisotopic (exact) mass is 387 g/mol. The molecule has 8 heteroatoms. The Morgan fingerprint density at radius 3 is 2.50 bits per heavy atom. The lowest BCUT2D eigenvalue weighted by Crippen LogP contribution is -2.29. The number of anilines is 1. The Hall–Kier alpha value is -3.29. The average Bonchev–Trinajstić information content (AvgIpc) is 2.67. The van der Waals surface area contributed by atoms with Crippen LogP contribution in [0.3, 0.4) is 0 Å². The second kappa shape index (κ2) is 10.1. The first-order chi connectivity index (χ1) is 13.4. The molecule has 0 radical (unpaired) electrons. The zero-order chi connectivity index (χ0) is 20.5. The first kappa shape index (κ1) is 21.0. The van der Waals surface area contributed by atoms with Gasteiger partial charge in [0.05, 0.1) is 12.0 Å². The topological polar surface area (TPSA) is 103 Å². The standard InChI is InChI=1S/C20H25N3O5/c1-4-5-6-11-21-20(24)22-15-7-9-18(19(13-15)27-3)28-17-10-8-16(23(25)26)12-14(17)2/h7-10,12-13H,4-6,11H2,1-3H3,(H2,21,22,24). The number of unbranched alkanes of at least 4 members (excludes halogenated alkanes) is 2. The van der Waals surface area contributed by atoms with E-state index in [1.54, 1.807) is 31.2 Å². The van der Waals surface area contributed by atoms with Crippen molar-refractivity contribution in [2.45, 2.75) is 33.1 Å². The first-order valence-electron chi connectivity index (χ1n) is 9.10. The van der Waals surface area contributed by atoms with Crippen molar-refractivity contribution in [3.05, 3.63) is 52.1 Å². The number of rotatable bonds is 9. The number of ether oxygens (including phenoxy) is 2. The highest BCUT2D eigenvalue weighted by Crippen LogP contribution is 2.35. The minimum absolute atomic E-state index is 0.00121. The minimum atomic E-state index is -0.453. The molecule has 0 aromatic heterocycles. The van der Waals surface area contributed by atoms with Crippen LogP contribution < -0.4 is 20.1 Å². The second-order valence-electron chi connectivity index (χ2n) is 6.26. The summed E-state index contributed by atoms with van der Waals surface area (Å²) in [4.78, 5) is 22.3. The molecule has 0 atom stereocenters. The molecule has 0 bridgehead atoms. The van der Waals surface area contributed by atoms with Gasteiger partial charge in [0, 0.05) is 30.4 Å². The predicted octanol–water partition coefficient (Wildman–Crippen LogP) is 5.02. The number of aryl methyl sites for hydroxylation is 1. The number of amides is 2. The van der Waals surface area contributed by atoms with Crippen LogP contribution in [0.1, 0.15) is 31.7 Å². The molecule has 0 fully saturated rings. The van der Waals surface area contributed by atoms with Gasteiger partial charge in [0.15, 0.2) is 11.5 Å². The number of nitrogens with one attached hydrogen (secondary N) is 2. The van der Waals surface area contributed by atoms with Crippen LogP contribution in [0.25, 0.3) is 0 Å². The maximum absolute atomic E-state index is 11.9. The van der Waals surface area contributed by atoms with Crippen molar-refractivity contribution in [1.29, 1.82) is 0 Å². The highest BCUT2D eigenvalue weighted by molar-refractivity contribution is 5.89. The zero-order valence-electron chi connectivity index (χ0n) is 16.3. The fourth-order valence-electron chi connectivity index (χ4n) is 2.56. The number of carbonyl (C=O) groups is 1. The van der Waals surface area contributed by atoms with Crippen LogP contribution in [0.5, 0.6) is 17.2 Å². The van der Waals surface area contributed by atoms with Gasteiger partial charge >= 0.3 is 6.03 Å². The van der Waals surface area contributed by atoms with Crippen LogP contribution in [0.15, 0.2) is 36.4 Å². The van der Waals surface area contributed by atoms with Crippen LogP contribution in [0.4, 0.5) is 16.2 Å². The van der Waals surface area contributed by atoms with Crippen molar-refractivity contribution in [3.8, 4) is 17.2 Å². The Balaban J connectivity index is 2.07. The SMILES string of the molecule is CCCCCNC(=O)Nc1ccc(Oc2ccc([N+](=O)[O-])cc2C)c(OC)c1. The van der Waals surface area contributed by atoms with Crippen LogP contribution >= 0.6 is 0 Å². The molecule has 0 saturated carbocycles. The van der Waals surface area contributed by atoms with Gasteiger partial charge < -0.3 is 20.1 Å². The molecular weight excluding hydrogens is 362 g/mol. The van der Waals surface area contributed by atoms with Gasteiger partial charge in [-0.15, -0.1) is 0 Å². The molecule has 0 saturated heterocycles. The van der Waals surface area contributed by atoms with E-state index in [4.69, 9.17) is 9.47 Å². The van der Waals surface area contributed by atoms with Gasteiger partial charge in [-0.3, -0.25) is 10.1 Å². The molecule has 150 valence electrons. The molecule has 0 spiro atoms. The number of non-ortho nitro benzene ring substituents is 1. The lowest BCUT2D eigenvalue weighted by atomic mass is 10.2. The molecule has 0 heterocycles. The van der Waals surface area contributed by atoms with Crippen LogP contribution in [-0.2, 0) is 0 Å². The third kappa shape index (κ3) is 5.87. The van der Waals surface area contributed by atoms with E-state index in [1.165, 1.54) is 19.2 Å². The molecule has 28 heavy (non-hydrogen) atoms. The van der Waals surface area contributed by atoms with Crippen LogP contribution in [0.2, 0.25) is 0 Å². The van der Waals surface area contributed by atoms with E-state index in [-0.39, 0.29) is 11.7 Å². The van der Waals surface area contributed by atoms with E-state index in [0.717, 1.165) is 19.3 Å². The van der Waals surface area contributed by atoms with Crippen LogP contribution in [-0.4, -0.2) is 24.6 Å². The Kier molecular flexibility index (Phi) is 7.62. The summed E-state index contributed by atoms with van der Waals surface area (Å²) < 4.78 is 11.2. The molecular formula is C20H25N3O5. The predicted molar refractivity (Wildman–Crippen MR) is 107 cm³/mol. The van der Waals surface area contributed by atoms with Crippen molar-refractivity contribution < 1.29 is 19.2 Å². The van der Waals surface area contributed by atoms with Gasteiger partial charge in [-0.1, -0.05) is 19.8 Å². The second-order valence-corrected chi connectivity index (χ2v) is 6.26. The van der Waals surface area contributed by atoms with Crippen molar-refractivity contribution in [1.82, 2.24) is 5.32 Å². The fraction of sp³-hybridized carbons (Fsp3) is 0.350. The number of hydrogen-bond acceptors (Lipinski definition) is 5. The van der Waals surface area contributed by atoms with Crippen molar-refractivity contribution in [2.75, 3.05) is 19.0 Å². The number of methoxy groups -OCH3 is 1. The zero-order valence-corrected chi connectivity index (χ0v) is 16.3. The molecule has 2 N–H and O–H groups in total. The van der Waals surface area contributed by atoms with E-state index in [1.807, 2.05) is 0 Å². The molecule has 8 nitrogen and oxygen atoms in total. The van der Waals surface area contributed by atoms with Gasteiger partial charge in [0.2, 0.25) is 0 Å². The van der Waals surface area contributed by atoms with Crippen LogP contribution in [0, 0.1) is 17.0 Å². The first-order valence-corrected chi connectivity index (χ1v) is 9.10. The van der Waals surface area contributed by atoms with E-state index in [2.05, 4.69) is 17.6 Å². The summed E-state index contributed by atoms with van der Waals surface area (Å²) in [5.74, 6) is 1.35. The molecule has 0 aliphatic rings. The number of urea groups is 1. The number of nitro benzene ring substituents is 1. The third-order valence-corrected chi connectivity index (χ3v) is 4.08. The summed E-state index contributed by atoms with van der Waals surface area (Å²) in [6.07, 6.45) is 3.10. The van der Waals surface area contributed by atoms with Gasteiger partial charge in [-0.25, -0.2) is 4.79 Å². The lowest BCUT2D eigenvalue weighted by Gasteiger charge is -2.14. The molecule has 2 amide bonds. The van der Waals surface area contributed by atoms with E-state index < -0.39 is 4.92 Å². The average molecular weight is 387 g/mol. The molecule has 0 aliphatic carbocycles. The normalized spacial score (nSPS) is 10.2. The highest BCUT2D eigenvalue weighted by Gasteiger charge is 2.13. The van der Waals surface area contributed by atoms with Gasteiger partial charge in [-0.05, 0) is 37.1 Å². The summed E-state index contributed by atoms with van der Waals surface area (Å²) >= 11 is 0. The summed E-state index contributed by atoms with van der Waals surface area (Å²) in [5, 5.41) is 16.4. The maximum atomic E-state index is 11.9. The Morgan fingerprint density at radius 2 is 1.86 bits per heavy atom. The minimum Gasteiger partial charge on any atom is -0.493 e. The third-order valence-electron chi connectivity index (χ3n) is 4.08. The summed E-state index contributed by atoms with van der Waals surface area (Å²) in [6.45, 7) is 4.46. The number of hydrogen-bond donors (Lipinski definition) is 2. The van der Waals surface area contributed by atoms with E-state index in [0.29, 0.717) is 35.0 Å². The van der Waals surface area contributed by atoms with Gasteiger partial charge in [0.1, 0.15) is 5.75 Å². The smallest absolute Gasteiger partial charge is 0.319 e. The molecule has 2 rings (SSSR count). The summed E-state index contributed by atoms with van der Waals surface area (Å²) in [7, 11) is 1.50. The molecule has 0 unspecified atom stereocenters. The van der Waals surface area contributed by atoms with Gasteiger partial charge in [-0.2, -0.15) is 0 Å². The highest BCUT2D eigenvalue weighted by atomic mass is 16.6. The van der Waals surface area contributed by atoms with Crippen molar-refractivity contribution >= 4 is 17.4 Å². The number of nitrogens with zero attached hydrogens (tertiary/aromatic N) is 1. The number of nitro groups is 1. The van der Waals surface area contributed by atoms with E-state index in [9.17, 15) is 14.9 Å². The van der Waals surface area contributed by atoms with Gasteiger partial charge in [0.25, 0.3) is 5.69 Å². The van der Waals surface area contributed by atoms with Crippen molar-refractivity contribution in [2.24, 2.45) is 0 Å². The largest absolute Gasteiger partial charge is 0.493 e. The molecule has 2 aromatic carbocycles. The Bertz CT molecular complexity index is 839. The Morgan fingerprint density at radius 1 is 1.11 bits per heavy atom.